The Balaban J connectivity index is 1.58. The number of carbonyl (C=O) groups is 3. The normalized spacial score (nSPS) is 10.5. The van der Waals surface area contributed by atoms with Crippen LogP contribution >= 0.6 is 0 Å². The first-order valence-electron chi connectivity index (χ1n) is 9.35. The third kappa shape index (κ3) is 4.93. The van der Waals surface area contributed by atoms with Gasteiger partial charge >= 0.3 is 11.8 Å². The predicted octanol–water partition coefficient (Wildman–Crippen LogP) is 1.53. The van der Waals surface area contributed by atoms with Crippen molar-refractivity contribution in [2.75, 3.05) is 0 Å². The van der Waals surface area contributed by atoms with E-state index in [2.05, 4.69) is 21.3 Å². The number of hydrogen-bond donors (Lipinski definition) is 3. The van der Waals surface area contributed by atoms with E-state index < -0.39 is 17.7 Å². The van der Waals surface area contributed by atoms with Crippen molar-refractivity contribution in [3.8, 4) is 0 Å². The summed E-state index contributed by atoms with van der Waals surface area (Å²) in [7, 11) is 0. The largest absolute Gasteiger partial charge is 0.467 e. The molecular weight excluding hydrogens is 386 g/mol. The van der Waals surface area contributed by atoms with Gasteiger partial charge in [0.05, 0.1) is 30.6 Å². The highest BCUT2D eigenvalue weighted by molar-refractivity contribution is 6.35. The zero-order valence-corrected chi connectivity index (χ0v) is 17.0. The van der Waals surface area contributed by atoms with Crippen LogP contribution in [0.1, 0.15) is 38.6 Å². The van der Waals surface area contributed by atoms with Crippen LogP contribution in [0.3, 0.4) is 0 Å². The Labute approximate surface area is 173 Å². The van der Waals surface area contributed by atoms with Gasteiger partial charge in [-0.15, -0.1) is 0 Å². The molecule has 0 spiro atoms. The molecule has 0 radical (unpaired) electrons. The van der Waals surface area contributed by atoms with Gasteiger partial charge in [-0.05, 0) is 38.5 Å². The van der Waals surface area contributed by atoms with Gasteiger partial charge in [-0.2, -0.15) is 5.10 Å². The maximum absolute atomic E-state index is 12.5. The van der Waals surface area contributed by atoms with Crippen LogP contribution in [0.5, 0.6) is 0 Å². The number of hydrogen-bond acceptors (Lipinski definition) is 5. The summed E-state index contributed by atoms with van der Waals surface area (Å²) in [5, 5.41) is 6.82. The zero-order chi connectivity index (χ0) is 21.7. The molecule has 0 aliphatic rings. The van der Waals surface area contributed by atoms with Gasteiger partial charge in [-0.25, -0.2) is 0 Å². The molecule has 2 aromatic heterocycles. The summed E-state index contributed by atoms with van der Waals surface area (Å²) in [6.45, 7) is 6.09. The molecule has 0 aliphatic heterocycles. The maximum Gasteiger partial charge on any atom is 0.327 e. The maximum atomic E-state index is 12.5. The second-order valence-electron chi connectivity index (χ2n) is 6.86. The highest BCUT2D eigenvalue weighted by Gasteiger charge is 2.21. The van der Waals surface area contributed by atoms with Crippen molar-refractivity contribution < 1.29 is 18.8 Å². The Bertz CT molecular complexity index is 1050. The van der Waals surface area contributed by atoms with E-state index in [-0.39, 0.29) is 6.54 Å². The highest BCUT2D eigenvalue weighted by atomic mass is 16.3. The first-order chi connectivity index (χ1) is 14.3. The van der Waals surface area contributed by atoms with Crippen LogP contribution in [0.25, 0.3) is 0 Å². The molecule has 30 heavy (non-hydrogen) atoms. The molecule has 3 N–H and O–H groups in total. The van der Waals surface area contributed by atoms with Gasteiger partial charge in [0.1, 0.15) is 5.76 Å². The molecule has 3 aromatic rings. The lowest BCUT2D eigenvalue weighted by Gasteiger charge is -2.08. The Hall–Kier alpha value is -3.88. The highest BCUT2D eigenvalue weighted by Crippen LogP contribution is 2.15. The number of furan rings is 1. The van der Waals surface area contributed by atoms with Crippen molar-refractivity contribution >= 4 is 17.7 Å². The van der Waals surface area contributed by atoms with E-state index in [9.17, 15) is 14.4 Å². The number of aromatic nitrogens is 2. The van der Waals surface area contributed by atoms with Crippen LogP contribution in [-0.4, -0.2) is 27.5 Å². The zero-order valence-electron chi connectivity index (χ0n) is 17.0. The molecule has 0 unspecified atom stereocenters. The second kappa shape index (κ2) is 9.08. The van der Waals surface area contributed by atoms with Crippen molar-refractivity contribution in [3.63, 3.8) is 0 Å². The van der Waals surface area contributed by atoms with Crippen LogP contribution < -0.4 is 16.2 Å². The molecular formula is C21H23N5O4. The molecule has 9 nitrogen and oxygen atoms in total. The molecule has 9 heteroatoms. The van der Waals surface area contributed by atoms with Crippen LogP contribution in [0, 0.1) is 20.8 Å². The number of hydrazine groups is 1. The van der Waals surface area contributed by atoms with E-state index in [1.54, 1.807) is 30.7 Å². The minimum absolute atomic E-state index is 0.0667. The SMILES string of the molecule is Cc1ccc(Cn2nc(C)c(C(=O)NNC(=O)C(=O)NCc3ccco3)c2C)cc1. The molecule has 156 valence electrons. The van der Waals surface area contributed by atoms with Crippen molar-refractivity contribution in [2.24, 2.45) is 0 Å². The van der Waals surface area contributed by atoms with E-state index in [1.807, 2.05) is 31.2 Å². The van der Waals surface area contributed by atoms with Crippen LogP contribution in [0.15, 0.2) is 47.1 Å². The third-order valence-corrected chi connectivity index (χ3v) is 4.56. The second-order valence-corrected chi connectivity index (χ2v) is 6.86. The molecule has 2 heterocycles. The molecule has 3 amide bonds. The molecule has 0 atom stereocenters. The lowest BCUT2D eigenvalue weighted by molar-refractivity contribution is -0.139. The summed E-state index contributed by atoms with van der Waals surface area (Å²) in [5.41, 5.74) is 8.12. The molecule has 0 bridgehead atoms. The Kier molecular flexibility index (Phi) is 6.31. The summed E-state index contributed by atoms with van der Waals surface area (Å²) in [6.07, 6.45) is 1.46. The lowest BCUT2D eigenvalue weighted by atomic mass is 10.1. The third-order valence-electron chi connectivity index (χ3n) is 4.56. The molecule has 1 aromatic carbocycles. The number of nitrogens with zero attached hydrogens (tertiary/aromatic N) is 2. The predicted molar refractivity (Wildman–Crippen MR) is 108 cm³/mol. The number of carbonyl (C=O) groups excluding carboxylic acids is 3. The van der Waals surface area contributed by atoms with E-state index in [0.29, 0.717) is 29.3 Å². The fraction of sp³-hybridized carbons (Fsp3) is 0.238. The van der Waals surface area contributed by atoms with Gasteiger partial charge in [0, 0.05) is 5.69 Å². The van der Waals surface area contributed by atoms with Crippen LogP contribution in [0.2, 0.25) is 0 Å². The fourth-order valence-electron chi connectivity index (χ4n) is 2.94. The first-order valence-corrected chi connectivity index (χ1v) is 9.35. The van der Waals surface area contributed by atoms with Gasteiger partial charge in [-0.1, -0.05) is 29.8 Å². The first kappa shape index (κ1) is 20.8. The molecule has 0 aliphatic carbocycles. The Morgan fingerprint density at radius 1 is 1.00 bits per heavy atom. The summed E-state index contributed by atoms with van der Waals surface area (Å²) in [4.78, 5) is 36.3. The summed E-state index contributed by atoms with van der Waals surface area (Å²) < 4.78 is 6.80. The topological polar surface area (TPSA) is 118 Å². The standard InChI is InChI=1S/C21H23N5O4/c1-13-6-8-16(9-7-13)12-26-15(3)18(14(2)25-26)19(27)23-24-21(29)20(28)22-11-17-5-4-10-30-17/h4-10H,11-12H2,1-3H3,(H,22,28)(H,23,27)(H,24,29). The average Bonchev–Trinajstić information content (AvgIpc) is 3.33. The minimum atomic E-state index is -0.989. The van der Waals surface area contributed by atoms with Crippen LogP contribution in [0.4, 0.5) is 0 Å². The monoisotopic (exact) mass is 409 g/mol. The smallest absolute Gasteiger partial charge is 0.327 e. The van der Waals surface area contributed by atoms with Gasteiger partial charge < -0.3 is 9.73 Å². The summed E-state index contributed by atoms with van der Waals surface area (Å²) >= 11 is 0. The van der Waals surface area contributed by atoms with Crippen molar-refractivity contribution in [3.05, 3.63) is 76.5 Å². The molecule has 0 saturated heterocycles. The van der Waals surface area contributed by atoms with E-state index in [0.717, 1.165) is 11.1 Å². The molecule has 0 saturated carbocycles. The summed E-state index contributed by atoms with van der Waals surface area (Å²) in [6, 6.07) is 11.4. The Morgan fingerprint density at radius 3 is 2.40 bits per heavy atom. The van der Waals surface area contributed by atoms with Crippen molar-refractivity contribution in [1.29, 1.82) is 0 Å². The van der Waals surface area contributed by atoms with Crippen molar-refractivity contribution in [2.45, 2.75) is 33.9 Å². The summed E-state index contributed by atoms with van der Waals surface area (Å²) in [5.74, 6) is -1.92. The molecule has 0 fully saturated rings. The van der Waals surface area contributed by atoms with E-state index in [1.165, 1.54) is 6.26 Å². The fourth-order valence-corrected chi connectivity index (χ4v) is 2.94. The van der Waals surface area contributed by atoms with Gasteiger partial charge in [0.25, 0.3) is 5.91 Å². The molecule has 3 rings (SSSR count). The van der Waals surface area contributed by atoms with Crippen molar-refractivity contribution in [1.82, 2.24) is 25.9 Å². The quantitative estimate of drug-likeness (QED) is 0.436. The minimum Gasteiger partial charge on any atom is -0.467 e. The number of aryl methyl sites for hydroxylation is 2. The number of nitrogens with one attached hydrogen (secondary N) is 3. The van der Waals surface area contributed by atoms with Gasteiger partial charge in [0.15, 0.2) is 0 Å². The Morgan fingerprint density at radius 2 is 1.73 bits per heavy atom. The number of amides is 3. The van der Waals surface area contributed by atoms with Gasteiger partial charge in [-0.3, -0.25) is 29.9 Å². The van der Waals surface area contributed by atoms with Gasteiger partial charge in [0.2, 0.25) is 0 Å². The number of benzene rings is 1. The van der Waals surface area contributed by atoms with E-state index in [4.69, 9.17) is 4.42 Å². The van der Waals surface area contributed by atoms with Crippen LogP contribution in [-0.2, 0) is 22.7 Å². The number of rotatable bonds is 5. The van der Waals surface area contributed by atoms with E-state index >= 15 is 0 Å². The average molecular weight is 409 g/mol. The lowest BCUT2D eigenvalue weighted by Crippen LogP contribution is -2.48.